The molecule has 1 atom stereocenters. The van der Waals surface area contributed by atoms with Gasteiger partial charge >= 0.3 is 0 Å². The third kappa shape index (κ3) is 1.01. The summed E-state index contributed by atoms with van der Waals surface area (Å²) < 4.78 is 0. The summed E-state index contributed by atoms with van der Waals surface area (Å²) in [4.78, 5) is 21.8. The van der Waals surface area contributed by atoms with E-state index >= 15 is 0 Å². The number of hydrogen-bond donors (Lipinski definition) is 0. The van der Waals surface area contributed by atoms with Crippen molar-refractivity contribution in [2.75, 3.05) is 0 Å². The Labute approximate surface area is 59.9 Å². The van der Waals surface area contributed by atoms with Gasteiger partial charge in [0.15, 0.2) is 11.6 Å². The first-order chi connectivity index (χ1) is 4.63. The van der Waals surface area contributed by atoms with Crippen molar-refractivity contribution < 1.29 is 9.59 Å². The summed E-state index contributed by atoms with van der Waals surface area (Å²) in [6.07, 6.45) is 2.46. The smallest absolute Gasteiger partial charge is 0.169 e. The number of Topliss-reactive ketones (excluding diaryl/α,β-unsaturated/α-hetero) is 2. The third-order valence-electron chi connectivity index (χ3n) is 1.77. The van der Waals surface area contributed by atoms with E-state index in [1.54, 1.807) is 6.08 Å². The average Bonchev–Trinajstić information content (AvgIpc) is 2.14. The van der Waals surface area contributed by atoms with Crippen LogP contribution in [0.2, 0.25) is 0 Å². The van der Waals surface area contributed by atoms with Crippen LogP contribution in [0.4, 0.5) is 0 Å². The van der Waals surface area contributed by atoms with Gasteiger partial charge in [0, 0.05) is 5.92 Å². The van der Waals surface area contributed by atoms with Gasteiger partial charge in [0.25, 0.3) is 0 Å². The molecule has 0 aromatic rings. The summed E-state index contributed by atoms with van der Waals surface area (Å²) in [6, 6.07) is 0. The van der Waals surface area contributed by atoms with Gasteiger partial charge in [-0.05, 0) is 13.3 Å². The summed E-state index contributed by atoms with van der Waals surface area (Å²) in [6.45, 7) is 3.27. The Morgan fingerprint density at radius 3 is 2.50 bits per heavy atom. The van der Waals surface area contributed by atoms with Gasteiger partial charge in [-0.1, -0.05) is 13.0 Å². The standard InChI is InChI=1S/C8H10O2/c1-5-3-4-7(6(2)9)8(5)10/h4-5H,3H2,1-2H3. The van der Waals surface area contributed by atoms with E-state index in [0.717, 1.165) is 6.42 Å². The van der Waals surface area contributed by atoms with Crippen molar-refractivity contribution in [2.24, 2.45) is 5.92 Å². The number of allylic oxidation sites excluding steroid dienone is 2. The molecular formula is C8H10O2. The van der Waals surface area contributed by atoms with Crippen molar-refractivity contribution in [3.8, 4) is 0 Å². The second-order valence-corrected chi connectivity index (χ2v) is 2.67. The number of carbonyl (C=O) groups is 2. The molecule has 1 unspecified atom stereocenters. The van der Waals surface area contributed by atoms with E-state index in [1.165, 1.54) is 6.92 Å². The van der Waals surface area contributed by atoms with Gasteiger partial charge in [-0.2, -0.15) is 0 Å². The number of carbonyl (C=O) groups excluding carboxylic acids is 2. The van der Waals surface area contributed by atoms with Crippen molar-refractivity contribution >= 4 is 11.6 Å². The molecule has 1 aliphatic carbocycles. The molecule has 0 fully saturated rings. The van der Waals surface area contributed by atoms with E-state index in [9.17, 15) is 9.59 Å². The van der Waals surface area contributed by atoms with E-state index in [0.29, 0.717) is 5.57 Å². The van der Waals surface area contributed by atoms with Gasteiger partial charge in [0.05, 0.1) is 5.57 Å². The predicted molar refractivity (Wildman–Crippen MR) is 37.6 cm³/mol. The fraction of sp³-hybridized carbons (Fsp3) is 0.500. The fourth-order valence-electron chi connectivity index (χ4n) is 1.08. The Kier molecular flexibility index (Phi) is 1.70. The maximum Gasteiger partial charge on any atom is 0.169 e. The van der Waals surface area contributed by atoms with Crippen LogP contribution in [-0.2, 0) is 9.59 Å². The lowest BCUT2D eigenvalue weighted by Gasteiger charge is -1.97. The molecule has 0 amide bonds. The SMILES string of the molecule is CC(=O)C1=CCC(C)C1=O. The molecule has 0 aromatic carbocycles. The van der Waals surface area contributed by atoms with Gasteiger partial charge in [-0.15, -0.1) is 0 Å². The third-order valence-corrected chi connectivity index (χ3v) is 1.77. The maximum atomic E-state index is 11.1. The molecular weight excluding hydrogens is 128 g/mol. The lowest BCUT2D eigenvalue weighted by Crippen LogP contribution is -2.10. The molecule has 0 radical (unpaired) electrons. The molecule has 0 bridgehead atoms. The molecule has 0 saturated carbocycles. The Hall–Kier alpha value is -0.920. The van der Waals surface area contributed by atoms with Gasteiger partial charge in [-0.25, -0.2) is 0 Å². The highest BCUT2D eigenvalue weighted by molar-refractivity contribution is 6.21. The largest absolute Gasteiger partial charge is 0.294 e. The molecule has 0 aliphatic heterocycles. The van der Waals surface area contributed by atoms with Crippen LogP contribution in [0.3, 0.4) is 0 Å². The molecule has 0 spiro atoms. The molecule has 0 N–H and O–H groups in total. The predicted octanol–water partition coefficient (Wildman–Crippen LogP) is 1.11. The zero-order chi connectivity index (χ0) is 7.72. The van der Waals surface area contributed by atoms with Gasteiger partial charge in [0.1, 0.15) is 0 Å². The van der Waals surface area contributed by atoms with Crippen molar-refractivity contribution in [2.45, 2.75) is 20.3 Å². The highest BCUT2D eigenvalue weighted by Crippen LogP contribution is 2.20. The van der Waals surface area contributed by atoms with Crippen LogP contribution in [0.1, 0.15) is 20.3 Å². The minimum Gasteiger partial charge on any atom is -0.294 e. The van der Waals surface area contributed by atoms with Crippen molar-refractivity contribution in [3.05, 3.63) is 11.6 Å². The highest BCUT2D eigenvalue weighted by atomic mass is 16.1. The van der Waals surface area contributed by atoms with Crippen LogP contribution < -0.4 is 0 Å². The monoisotopic (exact) mass is 138 g/mol. The lowest BCUT2D eigenvalue weighted by atomic mass is 10.1. The lowest BCUT2D eigenvalue weighted by molar-refractivity contribution is -0.121. The number of ketones is 2. The molecule has 10 heavy (non-hydrogen) atoms. The second-order valence-electron chi connectivity index (χ2n) is 2.67. The van der Waals surface area contributed by atoms with Crippen molar-refractivity contribution in [3.63, 3.8) is 0 Å². The van der Waals surface area contributed by atoms with E-state index in [2.05, 4.69) is 0 Å². The Morgan fingerprint density at radius 2 is 2.30 bits per heavy atom. The number of rotatable bonds is 1. The second kappa shape index (κ2) is 2.37. The van der Waals surface area contributed by atoms with E-state index in [-0.39, 0.29) is 17.5 Å². The normalized spacial score (nSPS) is 24.8. The van der Waals surface area contributed by atoms with Gasteiger partial charge in [-0.3, -0.25) is 9.59 Å². The molecule has 0 saturated heterocycles. The summed E-state index contributed by atoms with van der Waals surface area (Å²) in [5, 5.41) is 0. The topological polar surface area (TPSA) is 34.1 Å². The van der Waals surface area contributed by atoms with Crippen LogP contribution in [0.15, 0.2) is 11.6 Å². The zero-order valence-corrected chi connectivity index (χ0v) is 6.18. The van der Waals surface area contributed by atoms with E-state index < -0.39 is 0 Å². The highest BCUT2D eigenvalue weighted by Gasteiger charge is 2.25. The molecule has 54 valence electrons. The van der Waals surface area contributed by atoms with E-state index in [4.69, 9.17) is 0 Å². The van der Waals surface area contributed by atoms with Crippen molar-refractivity contribution in [1.29, 1.82) is 0 Å². The van der Waals surface area contributed by atoms with Crippen LogP contribution in [0.25, 0.3) is 0 Å². The minimum atomic E-state index is -0.102. The Bertz CT molecular complexity index is 213. The summed E-state index contributed by atoms with van der Waals surface area (Å²) >= 11 is 0. The molecule has 2 heteroatoms. The minimum absolute atomic E-state index is 0.00694. The first-order valence-electron chi connectivity index (χ1n) is 3.38. The van der Waals surface area contributed by atoms with E-state index in [1.807, 2.05) is 6.92 Å². The maximum absolute atomic E-state index is 11.1. The van der Waals surface area contributed by atoms with Crippen LogP contribution >= 0.6 is 0 Å². The molecule has 0 heterocycles. The van der Waals surface area contributed by atoms with Gasteiger partial charge in [0.2, 0.25) is 0 Å². The first-order valence-corrected chi connectivity index (χ1v) is 3.38. The molecule has 1 aliphatic rings. The van der Waals surface area contributed by atoms with Gasteiger partial charge < -0.3 is 0 Å². The first kappa shape index (κ1) is 7.19. The molecule has 1 rings (SSSR count). The molecule has 0 aromatic heterocycles. The zero-order valence-electron chi connectivity index (χ0n) is 6.18. The van der Waals surface area contributed by atoms with Crippen LogP contribution in [0.5, 0.6) is 0 Å². The van der Waals surface area contributed by atoms with Crippen LogP contribution in [-0.4, -0.2) is 11.6 Å². The number of hydrogen-bond acceptors (Lipinski definition) is 2. The summed E-state index contributed by atoms with van der Waals surface area (Å²) in [5.74, 6) is -0.0687. The summed E-state index contributed by atoms with van der Waals surface area (Å²) in [7, 11) is 0. The van der Waals surface area contributed by atoms with Crippen molar-refractivity contribution in [1.82, 2.24) is 0 Å². The molecule has 2 nitrogen and oxygen atoms in total. The Morgan fingerprint density at radius 1 is 1.70 bits per heavy atom. The quantitative estimate of drug-likeness (QED) is 0.508. The van der Waals surface area contributed by atoms with Crippen LogP contribution in [0, 0.1) is 5.92 Å². The summed E-state index contributed by atoms with van der Waals surface area (Å²) in [5.41, 5.74) is 0.396. The average molecular weight is 138 g/mol. The fourth-order valence-corrected chi connectivity index (χ4v) is 1.08. The Balaban J connectivity index is 2.82.